The van der Waals surface area contributed by atoms with Crippen molar-refractivity contribution < 1.29 is 5.11 Å². The van der Waals surface area contributed by atoms with Crippen LogP contribution in [0.2, 0.25) is 0 Å². The average Bonchev–Trinajstić information content (AvgIpc) is 2.66. The van der Waals surface area contributed by atoms with Crippen molar-refractivity contribution in [3.05, 3.63) is 35.9 Å². The Morgan fingerprint density at radius 3 is 2.53 bits per heavy atom. The second-order valence-corrected chi connectivity index (χ2v) is 4.86. The standard InChI is InChI=1S/C16H22N2O/c19-15-14-18-11-5-10-17(12-13-18)9-4-8-16-6-2-1-3-7-16/h1-3,6-7,19H,5,9-15H2. The Morgan fingerprint density at radius 1 is 1.00 bits per heavy atom. The Morgan fingerprint density at radius 2 is 1.74 bits per heavy atom. The number of aliphatic hydroxyl groups excluding tert-OH is 1. The Labute approximate surface area is 115 Å². The van der Waals surface area contributed by atoms with E-state index >= 15 is 0 Å². The maximum absolute atomic E-state index is 8.97. The highest BCUT2D eigenvalue weighted by Gasteiger charge is 2.12. The lowest BCUT2D eigenvalue weighted by molar-refractivity contribution is 0.198. The van der Waals surface area contributed by atoms with Crippen molar-refractivity contribution in [3.63, 3.8) is 0 Å². The highest BCUT2D eigenvalue weighted by atomic mass is 16.3. The summed E-state index contributed by atoms with van der Waals surface area (Å²) in [6.45, 7) is 6.16. The van der Waals surface area contributed by atoms with Gasteiger partial charge in [0.2, 0.25) is 0 Å². The molecular weight excluding hydrogens is 236 g/mol. The molecule has 1 aliphatic heterocycles. The van der Waals surface area contributed by atoms with Gasteiger partial charge in [0.15, 0.2) is 0 Å². The van der Waals surface area contributed by atoms with Crippen LogP contribution in [0, 0.1) is 11.8 Å². The summed E-state index contributed by atoms with van der Waals surface area (Å²) in [6.07, 6.45) is 1.16. The molecule has 102 valence electrons. The zero-order valence-corrected chi connectivity index (χ0v) is 11.4. The number of benzene rings is 1. The highest BCUT2D eigenvalue weighted by Crippen LogP contribution is 2.02. The minimum Gasteiger partial charge on any atom is -0.395 e. The molecule has 1 aromatic carbocycles. The van der Waals surface area contributed by atoms with Crippen molar-refractivity contribution >= 4 is 0 Å². The first-order chi connectivity index (χ1) is 9.38. The molecule has 1 heterocycles. The van der Waals surface area contributed by atoms with Crippen LogP contribution in [0.15, 0.2) is 30.3 Å². The molecule has 1 fully saturated rings. The molecule has 19 heavy (non-hydrogen) atoms. The summed E-state index contributed by atoms with van der Waals surface area (Å²) in [5.74, 6) is 6.46. The number of β-amino-alcohol motifs (C(OH)–C–C–N with tert-alkyl or cyclic N) is 1. The predicted octanol–water partition coefficient (Wildman–Crippen LogP) is 1.04. The van der Waals surface area contributed by atoms with Gasteiger partial charge in [0.25, 0.3) is 0 Å². The molecule has 0 saturated carbocycles. The topological polar surface area (TPSA) is 26.7 Å². The maximum Gasteiger partial charge on any atom is 0.0605 e. The number of rotatable bonds is 3. The van der Waals surface area contributed by atoms with Gasteiger partial charge in [-0.25, -0.2) is 0 Å². The highest BCUT2D eigenvalue weighted by molar-refractivity contribution is 5.33. The molecule has 1 aliphatic rings. The first-order valence-corrected chi connectivity index (χ1v) is 6.98. The largest absolute Gasteiger partial charge is 0.395 e. The molecule has 0 amide bonds. The van der Waals surface area contributed by atoms with Gasteiger partial charge in [-0.1, -0.05) is 30.0 Å². The van der Waals surface area contributed by atoms with Crippen LogP contribution in [-0.4, -0.2) is 60.8 Å². The van der Waals surface area contributed by atoms with Gasteiger partial charge in [-0.3, -0.25) is 9.80 Å². The fourth-order valence-electron chi connectivity index (χ4n) is 2.32. The molecule has 1 saturated heterocycles. The second kappa shape index (κ2) is 7.96. The fourth-order valence-corrected chi connectivity index (χ4v) is 2.32. The maximum atomic E-state index is 8.97. The molecule has 0 aliphatic carbocycles. The molecule has 1 aromatic rings. The smallest absolute Gasteiger partial charge is 0.0605 e. The van der Waals surface area contributed by atoms with E-state index in [2.05, 4.69) is 21.6 Å². The summed E-state index contributed by atoms with van der Waals surface area (Å²) < 4.78 is 0. The number of hydrogen-bond acceptors (Lipinski definition) is 3. The van der Waals surface area contributed by atoms with Crippen LogP contribution in [0.3, 0.4) is 0 Å². The van der Waals surface area contributed by atoms with Crippen molar-refractivity contribution in [3.8, 4) is 11.8 Å². The molecule has 1 N–H and O–H groups in total. The SMILES string of the molecule is OCCN1CCCN(CC#Cc2ccccc2)CC1. The molecular formula is C16H22N2O. The lowest BCUT2D eigenvalue weighted by Crippen LogP contribution is -2.32. The summed E-state index contributed by atoms with van der Waals surface area (Å²) in [6, 6.07) is 10.1. The summed E-state index contributed by atoms with van der Waals surface area (Å²) in [4.78, 5) is 4.72. The molecule has 0 spiro atoms. The minimum absolute atomic E-state index is 0.258. The van der Waals surface area contributed by atoms with Gasteiger partial charge in [0.1, 0.15) is 0 Å². The van der Waals surface area contributed by atoms with Gasteiger partial charge in [-0.15, -0.1) is 0 Å². The van der Waals surface area contributed by atoms with E-state index in [1.165, 1.54) is 0 Å². The normalized spacial score (nSPS) is 17.5. The van der Waals surface area contributed by atoms with Crippen molar-refractivity contribution in [2.24, 2.45) is 0 Å². The Kier molecular flexibility index (Phi) is 5.90. The zero-order chi connectivity index (χ0) is 13.3. The second-order valence-electron chi connectivity index (χ2n) is 4.86. The van der Waals surface area contributed by atoms with Crippen LogP contribution < -0.4 is 0 Å². The van der Waals surface area contributed by atoms with E-state index in [1.807, 2.05) is 30.3 Å². The van der Waals surface area contributed by atoms with E-state index in [0.29, 0.717) is 0 Å². The zero-order valence-electron chi connectivity index (χ0n) is 11.4. The molecule has 0 atom stereocenters. The Bertz CT molecular complexity index is 421. The number of aliphatic hydroxyl groups is 1. The molecule has 0 bridgehead atoms. The lowest BCUT2D eigenvalue weighted by Gasteiger charge is -2.19. The quantitative estimate of drug-likeness (QED) is 0.821. The molecule has 0 aromatic heterocycles. The molecule has 2 rings (SSSR count). The van der Waals surface area contributed by atoms with Gasteiger partial charge in [-0.2, -0.15) is 0 Å². The third-order valence-corrected chi connectivity index (χ3v) is 3.41. The van der Waals surface area contributed by atoms with Crippen LogP contribution in [-0.2, 0) is 0 Å². The van der Waals surface area contributed by atoms with Crippen LogP contribution in [0.4, 0.5) is 0 Å². The summed E-state index contributed by atoms with van der Waals surface area (Å²) >= 11 is 0. The molecule has 0 radical (unpaired) electrons. The number of nitrogens with zero attached hydrogens (tertiary/aromatic N) is 2. The molecule has 3 heteroatoms. The first kappa shape index (κ1) is 14.1. The molecule has 0 unspecified atom stereocenters. The van der Waals surface area contributed by atoms with Gasteiger partial charge in [0, 0.05) is 31.7 Å². The van der Waals surface area contributed by atoms with Crippen molar-refractivity contribution in [2.45, 2.75) is 6.42 Å². The van der Waals surface area contributed by atoms with E-state index < -0.39 is 0 Å². The summed E-state index contributed by atoms with van der Waals surface area (Å²) in [7, 11) is 0. The van der Waals surface area contributed by atoms with E-state index in [0.717, 1.165) is 51.3 Å². The van der Waals surface area contributed by atoms with E-state index in [9.17, 15) is 0 Å². The van der Waals surface area contributed by atoms with Gasteiger partial charge in [0.05, 0.1) is 13.2 Å². The van der Waals surface area contributed by atoms with Crippen LogP contribution >= 0.6 is 0 Å². The average molecular weight is 258 g/mol. The minimum atomic E-state index is 0.258. The van der Waals surface area contributed by atoms with Crippen LogP contribution in [0.25, 0.3) is 0 Å². The van der Waals surface area contributed by atoms with Crippen LogP contribution in [0.1, 0.15) is 12.0 Å². The van der Waals surface area contributed by atoms with E-state index in [4.69, 9.17) is 5.11 Å². The first-order valence-electron chi connectivity index (χ1n) is 6.98. The third-order valence-electron chi connectivity index (χ3n) is 3.41. The van der Waals surface area contributed by atoms with Crippen molar-refractivity contribution in [2.75, 3.05) is 45.9 Å². The predicted molar refractivity (Wildman–Crippen MR) is 77.9 cm³/mol. The van der Waals surface area contributed by atoms with Crippen molar-refractivity contribution in [1.29, 1.82) is 0 Å². The summed E-state index contributed by atoms with van der Waals surface area (Å²) in [5.41, 5.74) is 1.08. The van der Waals surface area contributed by atoms with E-state index in [1.54, 1.807) is 0 Å². The van der Waals surface area contributed by atoms with Gasteiger partial charge >= 0.3 is 0 Å². The Balaban J connectivity index is 1.79. The third kappa shape index (κ3) is 5.04. The summed E-state index contributed by atoms with van der Waals surface area (Å²) in [5, 5.41) is 8.97. The fraction of sp³-hybridized carbons (Fsp3) is 0.500. The van der Waals surface area contributed by atoms with Crippen molar-refractivity contribution in [1.82, 2.24) is 9.80 Å². The number of hydrogen-bond donors (Lipinski definition) is 1. The monoisotopic (exact) mass is 258 g/mol. The Hall–Kier alpha value is -1.34. The van der Waals surface area contributed by atoms with Gasteiger partial charge in [-0.05, 0) is 25.1 Å². The van der Waals surface area contributed by atoms with E-state index in [-0.39, 0.29) is 6.61 Å². The molecule has 3 nitrogen and oxygen atoms in total. The lowest BCUT2D eigenvalue weighted by atomic mass is 10.2. The van der Waals surface area contributed by atoms with Gasteiger partial charge < -0.3 is 5.11 Å². The van der Waals surface area contributed by atoms with Crippen LogP contribution in [0.5, 0.6) is 0 Å².